The first-order valence-corrected chi connectivity index (χ1v) is 11.0. The molecular formula is C19H24N2O5S. The van der Waals surface area contributed by atoms with E-state index in [0.29, 0.717) is 12.0 Å². The van der Waals surface area contributed by atoms with Gasteiger partial charge in [0.1, 0.15) is 11.3 Å². The van der Waals surface area contributed by atoms with Gasteiger partial charge in [0.25, 0.3) is 5.91 Å². The Morgan fingerprint density at radius 3 is 2.37 bits per heavy atom. The van der Waals surface area contributed by atoms with Gasteiger partial charge >= 0.3 is 5.97 Å². The van der Waals surface area contributed by atoms with Crippen molar-refractivity contribution in [1.29, 1.82) is 0 Å². The Bertz CT molecular complexity index is 835. The van der Waals surface area contributed by atoms with Crippen molar-refractivity contribution in [2.75, 3.05) is 13.1 Å². The third-order valence-electron chi connectivity index (χ3n) is 6.19. The van der Waals surface area contributed by atoms with E-state index in [-0.39, 0.29) is 31.0 Å². The summed E-state index contributed by atoms with van der Waals surface area (Å²) in [6.45, 7) is 0.243. The molecular weight excluding hydrogens is 368 g/mol. The molecule has 1 aromatic rings. The molecule has 1 aromatic carbocycles. The Hall–Kier alpha value is -1.93. The summed E-state index contributed by atoms with van der Waals surface area (Å²) in [5.74, 6) is -1.12. The second-order valence-corrected chi connectivity index (χ2v) is 9.89. The second kappa shape index (κ2) is 6.91. The molecule has 4 rings (SSSR count). The van der Waals surface area contributed by atoms with Gasteiger partial charge in [-0.05, 0) is 37.3 Å². The molecule has 1 saturated carbocycles. The van der Waals surface area contributed by atoms with Gasteiger partial charge in [-0.1, -0.05) is 31.0 Å². The predicted molar refractivity (Wildman–Crippen MR) is 98.7 cm³/mol. The van der Waals surface area contributed by atoms with E-state index in [4.69, 9.17) is 0 Å². The molecule has 0 aromatic heterocycles. The van der Waals surface area contributed by atoms with E-state index in [9.17, 15) is 23.1 Å². The third-order valence-corrected chi connectivity index (χ3v) is 8.44. The molecule has 0 bridgehead atoms. The smallest absolute Gasteiger partial charge is 0.322 e. The Morgan fingerprint density at radius 1 is 1.04 bits per heavy atom. The highest BCUT2D eigenvalue weighted by molar-refractivity contribution is 7.89. The van der Waals surface area contributed by atoms with Crippen LogP contribution in [0.1, 0.15) is 42.5 Å². The van der Waals surface area contributed by atoms with E-state index in [1.165, 1.54) is 9.21 Å². The Balaban J connectivity index is 1.50. The lowest BCUT2D eigenvalue weighted by atomic mass is 9.85. The zero-order chi connectivity index (χ0) is 19.2. The Labute approximate surface area is 159 Å². The number of carboxylic acids is 1. The topological polar surface area (TPSA) is 95.0 Å². The molecule has 1 N–H and O–H groups in total. The van der Waals surface area contributed by atoms with Crippen molar-refractivity contribution in [3.05, 3.63) is 35.9 Å². The standard InChI is InChI=1S/C19H24N2O5S/c22-18(13-6-2-1-3-7-13)20-11-15(12-20)27(25,26)21-16-9-5-4-8-14(16)10-17(21)19(23)24/h1-3,6-7,14-17H,4-5,8-12H2,(H,23,24). The molecule has 1 aliphatic carbocycles. The van der Waals surface area contributed by atoms with E-state index in [1.807, 2.05) is 6.07 Å². The Morgan fingerprint density at radius 2 is 1.70 bits per heavy atom. The predicted octanol–water partition coefficient (Wildman–Crippen LogP) is 1.56. The number of benzene rings is 1. The maximum Gasteiger partial charge on any atom is 0.322 e. The molecule has 3 aliphatic rings. The van der Waals surface area contributed by atoms with Crippen LogP contribution in [0.25, 0.3) is 0 Å². The zero-order valence-electron chi connectivity index (χ0n) is 15.0. The van der Waals surface area contributed by atoms with Crippen molar-refractivity contribution in [2.24, 2.45) is 5.92 Å². The highest BCUT2D eigenvalue weighted by Gasteiger charge is 2.54. The number of hydrogen-bond donors (Lipinski definition) is 1. The minimum Gasteiger partial charge on any atom is -0.480 e. The van der Waals surface area contributed by atoms with Gasteiger partial charge in [0.2, 0.25) is 10.0 Å². The number of fused-ring (bicyclic) bond motifs is 1. The van der Waals surface area contributed by atoms with Crippen LogP contribution in [0.5, 0.6) is 0 Å². The van der Waals surface area contributed by atoms with Gasteiger partial charge in [-0.2, -0.15) is 4.31 Å². The first-order chi connectivity index (χ1) is 12.9. The molecule has 2 heterocycles. The highest BCUT2D eigenvalue weighted by atomic mass is 32.2. The first kappa shape index (κ1) is 18.4. The average molecular weight is 392 g/mol. The van der Waals surface area contributed by atoms with Crippen LogP contribution in [0, 0.1) is 5.92 Å². The summed E-state index contributed by atoms with van der Waals surface area (Å²) in [4.78, 5) is 25.7. The van der Waals surface area contributed by atoms with Crippen molar-refractivity contribution >= 4 is 21.9 Å². The maximum absolute atomic E-state index is 13.2. The maximum atomic E-state index is 13.2. The highest BCUT2D eigenvalue weighted by Crippen LogP contribution is 2.43. The van der Waals surface area contributed by atoms with Crippen LogP contribution < -0.4 is 0 Å². The minimum atomic E-state index is -3.76. The molecule has 0 spiro atoms. The van der Waals surface area contributed by atoms with E-state index in [1.54, 1.807) is 24.3 Å². The van der Waals surface area contributed by atoms with Gasteiger partial charge in [-0.15, -0.1) is 0 Å². The lowest BCUT2D eigenvalue weighted by molar-refractivity contribution is -0.141. The monoisotopic (exact) mass is 392 g/mol. The summed E-state index contributed by atoms with van der Waals surface area (Å²) >= 11 is 0. The largest absolute Gasteiger partial charge is 0.480 e. The number of hydrogen-bond acceptors (Lipinski definition) is 4. The molecule has 27 heavy (non-hydrogen) atoms. The fourth-order valence-electron chi connectivity index (χ4n) is 4.72. The van der Waals surface area contributed by atoms with Crippen molar-refractivity contribution in [3.8, 4) is 0 Å². The second-order valence-electron chi connectivity index (χ2n) is 7.77. The zero-order valence-corrected chi connectivity index (χ0v) is 15.8. The molecule has 146 valence electrons. The van der Waals surface area contributed by atoms with Gasteiger partial charge in [0, 0.05) is 24.7 Å². The number of nitrogens with zero attached hydrogens (tertiary/aromatic N) is 2. The third kappa shape index (κ3) is 3.14. The van der Waals surface area contributed by atoms with Gasteiger partial charge in [-0.25, -0.2) is 8.42 Å². The number of rotatable bonds is 4. The molecule has 2 aliphatic heterocycles. The van der Waals surface area contributed by atoms with E-state index in [0.717, 1.165) is 25.7 Å². The van der Waals surface area contributed by atoms with E-state index < -0.39 is 27.3 Å². The molecule has 0 radical (unpaired) electrons. The molecule has 7 nitrogen and oxygen atoms in total. The average Bonchev–Trinajstić information content (AvgIpc) is 3.01. The molecule has 3 fully saturated rings. The summed E-state index contributed by atoms with van der Waals surface area (Å²) in [6.07, 6.45) is 3.99. The van der Waals surface area contributed by atoms with Crippen molar-refractivity contribution in [1.82, 2.24) is 9.21 Å². The summed E-state index contributed by atoms with van der Waals surface area (Å²) in [6, 6.07) is 7.60. The van der Waals surface area contributed by atoms with Crippen LogP contribution in [-0.4, -0.2) is 65.0 Å². The van der Waals surface area contributed by atoms with Gasteiger partial charge in [0.15, 0.2) is 0 Å². The lowest BCUT2D eigenvalue weighted by Gasteiger charge is -2.42. The number of amides is 1. The van der Waals surface area contributed by atoms with Crippen LogP contribution in [0.2, 0.25) is 0 Å². The van der Waals surface area contributed by atoms with Crippen molar-refractivity contribution in [2.45, 2.75) is 49.4 Å². The summed E-state index contributed by atoms with van der Waals surface area (Å²) < 4.78 is 27.7. The number of likely N-dealkylation sites (tertiary alicyclic amines) is 1. The van der Waals surface area contributed by atoms with Crippen LogP contribution >= 0.6 is 0 Å². The van der Waals surface area contributed by atoms with E-state index >= 15 is 0 Å². The summed E-state index contributed by atoms with van der Waals surface area (Å²) in [5, 5.41) is 8.87. The van der Waals surface area contributed by atoms with Gasteiger partial charge < -0.3 is 10.0 Å². The molecule has 2 saturated heterocycles. The van der Waals surface area contributed by atoms with Crippen LogP contribution in [0.15, 0.2) is 30.3 Å². The quantitative estimate of drug-likeness (QED) is 0.839. The summed E-state index contributed by atoms with van der Waals surface area (Å²) in [5.41, 5.74) is 0.533. The SMILES string of the molecule is O=C(O)C1CC2CCCCC2N1S(=O)(=O)C1CN(C(=O)c2ccccc2)C1. The number of carbonyl (C=O) groups excluding carboxylic acids is 1. The number of aliphatic carboxylic acids is 1. The normalized spacial score (nSPS) is 29.2. The van der Waals surface area contributed by atoms with Gasteiger partial charge in [0.05, 0.1) is 0 Å². The number of carboxylic acid groups (broad SMARTS) is 1. The minimum absolute atomic E-state index is 0.121. The van der Waals surface area contributed by atoms with Crippen molar-refractivity contribution in [3.63, 3.8) is 0 Å². The first-order valence-electron chi connectivity index (χ1n) is 9.49. The number of carbonyl (C=O) groups is 2. The van der Waals surface area contributed by atoms with E-state index in [2.05, 4.69) is 0 Å². The molecule has 3 atom stereocenters. The number of sulfonamides is 1. The van der Waals surface area contributed by atoms with Crippen molar-refractivity contribution < 1.29 is 23.1 Å². The molecule has 3 unspecified atom stereocenters. The van der Waals surface area contributed by atoms with Crippen LogP contribution in [0.3, 0.4) is 0 Å². The fourth-order valence-corrected chi connectivity index (χ4v) is 6.99. The van der Waals surface area contributed by atoms with Crippen LogP contribution in [0.4, 0.5) is 0 Å². The molecule has 1 amide bonds. The summed E-state index contributed by atoms with van der Waals surface area (Å²) in [7, 11) is -3.76. The Kier molecular flexibility index (Phi) is 4.71. The molecule has 8 heteroatoms. The fraction of sp³-hybridized carbons (Fsp3) is 0.579. The lowest BCUT2D eigenvalue weighted by Crippen LogP contribution is -2.62. The van der Waals surface area contributed by atoms with Gasteiger partial charge in [-0.3, -0.25) is 9.59 Å². The van der Waals surface area contributed by atoms with Crippen LogP contribution in [-0.2, 0) is 14.8 Å².